The second-order valence-electron chi connectivity index (χ2n) is 6.50. The van der Waals surface area contributed by atoms with Gasteiger partial charge in [0.2, 0.25) is 5.91 Å². The van der Waals surface area contributed by atoms with E-state index in [1.54, 1.807) is 18.4 Å². The molecule has 0 aliphatic heterocycles. The molecule has 28 heavy (non-hydrogen) atoms. The van der Waals surface area contributed by atoms with E-state index in [1.807, 2.05) is 58.4 Å². The highest BCUT2D eigenvalue weighted by Gasteiger charge is 2.13. The number of imidazole rings is 1. The fraction of sp³-hybridized carbons (Fsp3) is 0.182. The molecular weight excluding hydrogens is 370 g/mol. The Hall–Kier alpha value is -3.12. The monoisotopic (exact) mass is 391 g/mol. The zero-order chi connectivity index (χ0) is 19.3. The lowest BCUT2D eigenvalue weighted by Crippen LogP contribution is -2.27. The van der Waals surface area contributed by atoms with E-state index in [0.717, 1.165) is 34.1 Å². The van der Waals surface area contributed by atoms with Crippen molar-refractivity contribution < 1.29 is 9.53 Å². The number of carbonyl (C=O) groups excluding carboxylic acids is 1. The Kier molecular flexibility index (Phi) is 5.39. The lowest BCUT2D eigenvalue weighted by molar-refractivity contribution is -0.120. The van der Waals surface area contributed by atoms with E-state index < -0.39 is 0 Å². The first-order valence-electron chi connectivity index (χ1n) is 9.13. The first kappa shape index (κ1) is 18.3. The molecule has 0 bridgehead atoms. The van der Waals surface area contributed by atoms with Gasteiger partial charge in [-0.3, -0.25) is 9.20 Å². The molecule has 4 rings (SSSR count). The smallest absolute Gasteiger partial charge is 0.225 e. The van der Waals surface area contributed by atoms with Crippen LogP contribution in [0.15, 0.2) is 66.2 Å². The molecule has 0 aliphatic carbocycles. The standard InChI is InChI=1S/C22H21N3O2S/c1-27-19-9-5-8-17(12-19)20-14-25-18(15-28-22(25)24-20)13-21(26)23-11-10-16-6-3-2-4-7-16/h2-9,12,14-15H,10-11,13H2,1H3,(H,23,26). The van der Waals surface area contributed by atoms with Crippen LogP contribution < -0.4 is 10.1 Å². The number of nitrogens with zero attached hydrogens (tertiary/aromatic N) is 2. The van der Waals surface area contributed by atoms with E-state index in [-0.39, 0.29) is 5.91 Å². The molecule has 1 amide bonds. The maximum absolute atomic E-state index is 12.3. The summed E-state index contributed by atoms with van der Waals surface area (Å²) in [6.45, 7) is 0.634. The SMILES string of the molecule is COc1cccc(-c2cn3c(CC(=O)NCCc4ccccc4)csc3n2)c1. The first-order chi connectivity index (χ1) is 13.7. The summed E-state index contributed by atoms with van der Waals surface area (Å²) in [5, 5.41) is 5.00. The van der Waals surface area contributed by atoms with Gasteiger partial charge in [0.25, 0.3) is 0 Å². The van der Waals surface area contributed by atoms with Gasteiger partial charge in [0.15, 0.2) is 4.96 Å². The van der Waals surface area contributed by atoms with Crippen LogP contribution in [0.3, 0.4) is 0 Å². The molecule has 2 heterocycles. The molecule has 0 saturated heterocycles. The number of hydrogen-bond acceptors (Lipinski definition) is 4. The zero-order valence-electron chi connectivity index (χ0n) is 15.6. The third-order valence-corrected chi connectivity index (χ3v) is 5.46. The van der Waals surface area contributed by atoms with Gasteiger partial charge in [-0.05, 0) is 24.1 Å². The van der Waals surface area contributed by atoms with Crippen LogP contribution >= 0.6 is 11.3 Å². The van der Waals surface area contributed by atoms with Crippen molar-refractivity contribution in [3.05, 3.63) is 77.4 Å². The van der Waals surface area contributed by atoms with Crippen molar-refractivity contribution in [2.75, 3.05) is 13.7 Å². The van der Waals surface area contributed by atoms with Crippen LogP contribution in [-0.4, -0.2) is 28.9 Å². The molecule has 0 unspecified atom stereocenters. The highest BCUT2D eigenvalue weighted by atomic mass is 32.1. The third-order valence-electron chi connectivity index (χ3n) is 4.57. The number of methoxy groups -OCH3 is 1. The molecule has 5 nitrogen and oxygen atoms in total. The van der Waals surface area contributed by atoms with Crippen LogP contribution in [-0.2, 0) is 17.6 Å². The zero-order valence-corrected chi connectivity index (χ0v) is 16.4. The van der Waals surface area contributed by atoms with Gasteiger partial charge in [-0.2, -0.15) is 0 Å². The Bertz CT molecular complexity index is 1090. The average molecular weight is 391 g/mol. The molecule has 2 aromatic heterocycles. The fourth-order valence-electron chi connectivity index (χ4n) is 3.10. The van der Waals surface area contributed by atoms with Crippen LogP contribution in [0.2, 0.25) is 0 Å². The second-order valence-corrected chi connectivity index (χ2v) is 7.34. The predicted molar refractivity (Wildman–Crippen MR) is 112 cm³/mol. The third kappa shape index (κ3) is 4.07. The number of nitrogens with one attached hydrogen (secondary N) is 1. The summed E-state index contributed by atoms with van der Waals surface area (Å²) in [6, 6.07) is 18.0. The molecule has 0 spiro atoms. The highest BCUT2D eigenvalue weighted by Crippen LogP contribution is 2.26. The molecular formula is C22H21N3O2S. The Balaban J connectivity index is 1.42. The van der Waals surface area contributed by atoms with Gasteiger partial charge in [0.1, 0.15) is 5.75 Å². The lowest BCUT2D eigenvalue weighted by atomic mass is 10.1. The van der Waals surface area contributed by atoms with Gasteiger partial charge in [-0.15, -0.1) is 11.3 Å². The number of hydrogen-bond donors (Lipinski definition) is 1. The number of rotatable bonds is 7. The maximum atomic E-state index is 12.3. The summed E-state index contributed by atoms with van der Waals surface area (Å²) in [6.07, 6.45) is 3.15. The number of benzene rings is 2. The largest absolute Gasteiger partial charge is 0.497 e. The van der Waals surface area contributed by atoms with Crippen molar-refractivity contribution in [3.8, 4) is 17.0 Å². The van der Waals surface area contributed by atoms with Crippen LogP contribution in [0.5, 0.6) is 5.75 Å². The second kappa shape index (κ2) is 8.27. The van der Waals surface area contributed by atoms with Crippen molar-refractivity contribution in [2.24, 2.45) is 0 Å². The Morgan fingerprint density at radius 2 is 2.04 bits per heavy atom. The van der Waals surface area contributed by atoms with Gasteiger partial charge in [-0.1, -0.05) is 42.5 Å². The Morgan fingerprint density at radius 3 is 2.86 bits per heavy atom. The topological polar surface area (TPSA) is 55.6 Å². The minimum absolute atomic E-state index is 0.0206. The summed E-state index contributed by atoms with van der Waals surface area (Å²) < 4.78 is 7.29. The number of fused-ring (bicyclic) bond motifs is 1. The van der Waals surface area contributed by atoms with E-state index in [1.165, 1.54) is 5.56 Å². The van der Waals surface area contributed by atoms with Crippen LogP contribution in [0, 0.1) is 0 Å². The van der Waals surface area contributed by atoms with E-state index in [4.69, 9.17) is 4.74 Å². The average Bonchev–Trinajstić information content (AvgIpc) is 3.31. The van der Waals surface area contributed by atoms with Crippen molar-refractivity contribution in [1.82, 2.24) is 14.7 Å². The highest BCUT2D eigenvalue weighted by molar-refractivity contribution is 7.15. The van der Waals surface area contributed by atoms with E-state index >= 15 is 0 Å². The molecule has 6 heteroatoms. The van der Waals surface area contributed by atoms with Gasteiger partial charge >= 0.3 is 0 Å². The van der Waals surface area contributed by atoms with Crippen molar-refractivity contribution in [3.63, 3.8) is 0 Å². The molecule has 0 atom stereocenters. The normalized spacial score (nSPS) is 10.9. The molecule has 0 saturated carbocycles. The van der Waals surface area contributed by atoms with Crippen molar-refractivity contribution >= 4 is 22.2 Å². The summed E-state index contributed by atoms with van der Waals surface area (Å²) in [7, 11) is 1.65. The maximum Gasteiger partial charge on any atom is 0.225 e. The molecule has 142 valence electrons. The molecule has 0 aliphatic rings. The van der Waals surface area contributed by atoms with Gasteiger partial charge in [-0.25, -0.2) is 4.98 Å². The summed E-state index contributed by atoms with van der Waals surface area (Å²) in [5.74, 6) is 0.819. The van der Waals surface area contributed by atoms with Gasteiger partial charge in [0.05, 0.1) is 19.2 Å². The fourth-order valence-corrected chi connectivity index (χ4v) is 3.97. The Labute approximate surface area is 167 Å². The Morgan fingerprint density at radius 1 is 1.18 bits per heavy atom. The minimum Gasteiger partial charge on any atom is -0.497 e. The molecule has 4 aromatic rings. The number of thiazole rings is 1. The summed E-state index contributed by atoms with van der Waals surface area (Å²) >= 11 is 1.54. The molecule has 0 fully saturated rings. The van der Waals surface area contributed by atoms with Gasteiger partial charge in [0, 0.05) is 29.4 Å². The van der Waals surface area contributed by atoms with Crippen LogP contribution in [0.4, 0.5) is 0 Å². The van der Waals surface area contributed by atoms with E-state index in [0.29, 0.717) is 13.0 Å². The van der Waals surface area contributed by atoms with Gasteiger partial charge < -0.3 is 10.1 Å². The van der Waals surface area contributed by atoms with Crippen molar-refractivity contribution in [1.29, 1.82) is 0 Å². The van der Waals surface area contributed by atoms with E-state index in [9.17, 15) is 4.79 Å². The van der Waals surface area contributed by atoms with Crippen molar-refractivity contribution in [2.45, 2.75) is 12.8 Å². The lowest BCUT2D eigenvalue weighted by Gasteiger charge is -2.05. The quantitative estimate of drug-likeness (QED) is 0.519. The molecule has 1 N–H and O–H groups in total. The first-order valence-corrected chi connectivity index (χ1v) is 10.0. The molecule has 2 aromatic carbocycles. The van der Waals surface area contributed by atoms with E-state index in [2.05, 4.69) is 22.4 Å². The molecule has 0 radical (unpaired) electrons. The predicted octanol–water partition coefficient (Wildman–Crippen LogP) is 3.97. The number of ether oxygens (including phenoxy) is 1. The van der Waals surface area contributed by atoms with Crippen LogP contribution in [0.1, 0.15) is 11.3 Å². The van der Waals surface area contributed by atoms with Crippen LogP contribution in [0.25, 0.3) is 16.2 Å². The minimum atomic E-state index is 0.0206. The number of aromatic nitrogens is 2. The summed E-state index contributed by atoms with van der Waals surface area (Å²) in [4.78, 5) is 17.9. The summed E-state index contributed by atoms with van der Waals surface area (Å²) in [5.41, 5.74) is 4.03. The number of carbonyl (C=O) groups is 1. The number of amides is 1.